The Morgan fingerprint density at radius 2 is 2.14 bits per heavy atom. The second kappa shape index (κ2) is 6.43. The summed E-state index contributed by atoms with van der Waals surface area (Å²) in [6.07, 6.45) is 2.03. The first kappa shape index (κ1) is 15.8. The van der Waals surface area contributed by atoms with E-state index in [0.29, 0.717) is 6.42 Å². The molecule has 1 amide bonds. The number of carbonyl (C=O) groups excluding carboxylic acids is 1. The second-order valence-corrected chi connectivity index (χ2v) is 5.79. The van der Waals surface area contributed by atoms with Crippen LogP contribution in [0.3, 0.4) is 0 Å². The third-order valence-electron chi connectivity index (χ3n) is 4.00. The summed E-state index contributed by atoms with van der Waals surface area (Å²) in [5, 5.41) is 0. The third-order valence-corrected chi connectivity index (χ3v) is 4.00. The zero-order valence-electron chi connectivity index (χ0n) is 12.8. The number of hydrogen-bond acceptors (Lipinski definition) is 3. The van der Waals surface area contributed by atoms with Crippen molar-refractivity contribution in [2.75, 3.05) is 7.11 Å². The Kier molecular flexibility index (Phi) is 4.83. The Balaban J connectivity index is 2.44. The molecule has 0 radical (unpaired) electrons. The summed E-state index contributed by atoms with van der Waals surface area (Å²) < 4.78 is 18.9. The van der Waals surface area contributed by atoms with Crippen LogP contribution >= 0.6 is 0 Å². The smallest absolute Gasteiger partial charge is 0.223 e. The Bertz CT molecular complexity index is 519. The molecule has 1 aromatic carbocycles. The number of amides is 1. The number of hydrogen-bond donors (Lipinski definition) is 1. The fraction of sp³-hybridized carbons (Fsp3) is 0.562. The van der Waals surface area contributed by atoms with Gasteiger partial charge in [-0.3, -0.25) is 4.79 Å². The highest BCUT2D eigenvalue weighted by Crippen LogP contribution is 2.33. The number of carbonyl (C=O) groups is 1. The Hall–Kier alpha value is -1.62. The van der Waals surface area contributed by atoms with Crippen LogP contribution in [0.25, 0.3) is 0 Å². The van der Waals surface area contributed by atoms with Crippen LogP contribution in [0, 0.1) is 5.82 Å². The van der Waals surface area contributed by atoms with Crippen molar-refractivity contribution in [3.63, 3.8) is 0 Å². The SMILES string of the molecule is COc1ccc(C2C(N)CCCC(=O)N2C(C)C)cc1F. The Labute approximate surface area is 125 Å². The molecular weight excluding hydrogens is 271 g/mol. The molecule has 2 rings (SSSR count). The van der Waals surface area contributed by atoms with Crippen molar-refractivity contribution in [2.45, 2.75) is 51.2 Å². The average molecular weight is 294 g/mol. The molecule has 0 aliphatic carbocycles. The molecule has 1 saturated heterocycles. The molecule has 2 unspecified atom stereocenters. The van der Waals surface area contributed by atoms with Gasteiger partial charge in [0, 0.05) is 18.5 Å². The lowest BCUT2D eigenvalue weighted by atomic mass is 9.95. The van der Waals surface area contributed by atoms with Crippen LogP contribution in [0.15, 0.2) is 18.2 Å². The fourth-order valence-electron chi connectivity index (χ4n) is 3.02. The van der Waals surface area contributed by atoms with E-state index in [0.717, 1.165) is 18.4 Å². The predicted molar refractivity (Wildman–Crippen MR) is 79.5 cm³/mol. The Morgan fingerprint density at radius 3 is 2.71 bits per heavy atom. The minimum Gasteiger partial charge on any atom is -0.494 e. The van der Waals surface area contributed by atoms with E-state index in [2.05, 4.69) is 0 Å². The molecule has 0 saturated carbocycles. The lowest BCUT2D eigenvalue weighted by Crippen LogP contribution is -2.45. The molecule has 0 spiro atoms. The number of nitrogens with two attached hydrogens (primary N) is 1. The quantitative estimate of drug-likeness (QED) is 0.932. The first-order chi connectivity index (χ1) is 9.95. The van der Waals surface area contributed by atoms with Crippen LogP contribution in [0.4, 0.5) is 4.39 Å². The van der Waals surface area contributed by atoms with E-state index in [-0.39, 0.29) is 29.8 Å². The highest BCUT2D eigenvalue weighted by Gasteiger charge is 2.34. The fourth-order valence-corrected chi connectivity index (χ4v) is 3.02. The summed E-state index contributed by atoms with van der Waals surface area (Å²) in [5.41, 5.74) is 7.00. The van der Waals surface area contributed by atoms with Crippen molar-refractivity contribution < 1.29 is 13.9 Å². The van der Waals surface area contributed by atoms with E-state index < -0.39 is 5.82 Å². The summed E-state index contributed by atoms with van der Waals surface area (Å²) in [4.78, 5) is 14.1. The summed E-state index contributed by atoms with van der Waals surface area (Å²) >= 11 is 0. The molecule has 2 N–H and O–H groups in total. The summed E-state index contributed by atoms with van der Waals surface area (Å²) in [7, 11) is 1.43. The van der Waals surface area contributed by atoms with Crippen molar-refractivity contribution in [3.8, 4) is 5.75 Å². The molecule has 1 aliphatic heterocycles. The van der Waals surface area contributed by atoms with Crippen molar-refractivity contribution in [2.24, 2.45) is 5.73 Å². The molecule has 0 bridgehead atoms. The summed E-state index contributed by atoms with van der Waals surface area (Å²) in [5.74, 6) is -0.148. The molecule has 21 heavy (non-hydrogen) atoms. The van der Waals surface area contributed by atoms with Gasteiger partial charge in [0.05, 0.1) is 13.2 Å². The van der Waals surface area contributed by atoms with Gasteiger partial charge in [-0.1, -0.05) is 6.07 Å². The minimum atomic E-state index is -0.428. The second-order valence-electron chi connectivity index (χ2n) is 5.79. The van der Waals surface area contributed by atoms with Crippen molar-refractivity contribution in [3.05, 3.63) is 29.6 Å². The predicted octanol–water partition coefficient (Wildman–Crippen LogP) is 2.62. The number of rotatable bonds is 3. The van der Waals surface area contributed by atoms with E-state index in [9.17, 15) is 9.18 Å². The van der Waals surface area contributed by atoms with Crippen LogP contribution in [0.2, 0.25) is 0 Å². The molecule has 1 aliphatic rings. The van der Waals surface area contributed by atoms with Gasteiger partial charge >= 0.3 is 0 Å². The molecular formula is C16H23FN2O2. The topological polar surface area (TPSA) is 55.6 Å². The van der Waals surface area contributed by atoms with Crippen LogP contribution in [-0.4, -0.2) is 30.0 Å². The number of halogens is 1. The van der Waals surface area contributed by atoms with Gasteiger partial charge in [0.1, 0.15) is 0 Å². The van der Waals surface area contributed by atoms with Crippen LogP contribution < -0.4 is 10.5 Å². The first-order valence-electron chi connectivity index (χ1n) is 7.36. The lowest BCUT2D eigenvalue weighted by molar-refractivity contribution is -0.135. The molecule has 0 aromatic heterocycles. The van der Waals surface area contributed by atoms with Gasteiger partial charge in [0.2, 0.25) is 5.91 Å². The highest BCUT2D eigenvalue weighted by molar-refractivity contribution is 5.77. The number of methoxy groups -OCH3 is 1. The normalized spacial score (nSPS) is 23.3. The van der Waals surface area contributed by atoms with Crippen LogP contribution in [-0.2, 0) is 4.79 Å². The van der Waals surface area contributed by atoms with Gasteiger partial charge < -0.3 is 15.4 Å². The molecule has 116 valence electrons. The maximum absolute atomic E-state index is 14.0. The molecule has 5 heteroatoms. The molecule has 1 heterocycles. The van der Waals surface area contributed by atoms with Crippen molar-refractivity contribution in [1.29, 1.82) is 0 Å². The van der Waals surface area contributed by atoms with Gasteiger partial charge in [-0.25, -0.2) is 4.39 Å². The van der Waals surface area contributed by atoms with E-state index in [1.807, 2.05) is 13.8 Å². The van der Waals surface area contributed by atoms with E-state index in [4.69, 9.17) is 10.5 Å². The van der Waals surface area contributed by atoms with Gasteiger partial charge in [0.15, 0.2) is 11.6 Å². The molecule has 1 fully saturated rings. The van der Waals surface area contributed by atoms with Gasteiger partial charge in [-0.15, -0.1) is 0 Å². The maximum Gasteiger partial charge on any atom is 0.223 e. The molecule has 2 atom stereocenters. The van der Waals surface area contributed by atoms with Crippen molar-refractivity contribution >= 4 is 5.91 Å². The third kappa shape index (κ3) is 3.18. The van der Waals surface area contributed by atoms with Crippen LogP contribution in [0.1, 0.15) is 44.7 Å². The number of likely N-dealkylation sites (tertiary alicyclic amines) is 1. The standard InChI is InChI=1S/C16H23FN2O2/c1-10(2)19-15(20)6-4-5-13(18)16(19)11-7-8-14(21-3)12(17)9-11/h7-10,13,16H,4-6,18H2,1-3H3. The number of benzene rings is 1. The maximum atomic E-state index is 14.0. The van der Waals surface area contributed by atoms with E-state index >= 15 is 0 Å². The molecule has 4 nitrogen and oxygen atoms in total. The van der Waals surface area contributed by atoms with Gasteiger partial charge in [-0.05, 0) is 44.4 Å². The first-order valence-corrected chi connectivity index (χ1v) is 7.36. The highest BCUT2D eigenvalue weighted by atomic mass is 19.1. The van der Waals surface area contributed by atoms with Gasteiger partial charge in [0.25, 0.3) is 0 Å². The lowest BCUT2D eigenvalue weighted by Gasteiger charge is -2.37. The van der Waals surface area contributed by atoms with E-state index in [1.54, 1.807) is 17.0 Å². The minimum absolute atomic E-state index is 0.0248. The van der Waals surface area contributed by atoms with Crippen LogP contribution in [0.5, 0.6) is 5.75 Å². The summed E-state index contributed by atoms with van der Waals surface area (Å²) in [6.45, 7) is 3.92. The van der Waals surface area contributed by atoms with Crippen molar-refractivity contribution in [1.82, 2.24) is 4.90 Å². The zero-order chi connectivity index (χ0) is 15.6. The zero-order valence-corrected chi connectivity index (χ0v) is 12.8. The molecule has 1 aromatic rings. The Morgan fingerprint density at radius 1 is 1.43 bits per heavy atom. The number of nitrogens with zero attached hydrogens (tertiary/aromatic N) is 1. The largest absolute Gasteiger partial charge is 0.494 e. The number of ether oxygens (including phenoxy) is 1. The average Bonchev–Trinajstić information content (AvgIpc) is 2.57. The summed E-state index contributed by atoms with van der Waals surface area (Å²) in [6, 6.07) is 4.35. The van der Waals surface area contributed by atoms with E-state index in [1.165, 1.54) is 13.2 Å². The monoisotopic (exact) mass is 294 g/mol. The van der Waals surface area contributed by atoms with Gasteiger partial charge in [-0.2, -0.15) is 0 Å².